The number of carbonyl (C=O) groups excluding carboxylic acids is 1. The molecule has 2 aromatic carbocycles. The quantitative estimate of drug-likeness (QED) is 0.184. The van der Waals surface area contributed by atoms with Crippen LogP contribution in [-0.2, 0) is 6.54 Å². The zero-order valence-electron chi connectivity index (χ0n) is 26.4. The van der Waals surface area contributed by atoms with E-state index in [4.69, 9.17) is 5.26 Å². The first-order valence-corrected chi connectivity index (χ1v) is 15.3. The van der Waals surface area contributed by atoms with Gasteiger partial charge in [0.05, 0.1) is 28.9 Å². The minimum absolute atomic E-state index is 0.0253. The maximum absolute atomic E-state index is 14.2. The summed E-state index contributed by atoms with van der Waals surface area (Å²) in [6.07, 6.45) is 10.7. The summed E-state index contributed by atoms with van der Waals surface area (Å²) in [4.78, 5) is 20.6. The molecule has 1 aliphatic heterocycles. The Morgan fingerprint density at radius 3 is 2.29 bits per heavy atom. The fourth-order valence-corrected chi connectivity index (χ4v) is 4.49. The van der Waals surface area contributed by atoms with E-state index in [2.05, 4.69) is 30.7 Å². The molecule has 3 aromatic rings. The van der Waals surface area contributed by atoms with Gasteiger partial charge in [-0.2, -0.15) is 5.26 Å². The molecule has 0 saturated carbocycles. The number of nitriles is 1. The highest BCUT2D eigenvalue weighted by Gasteiger charge is 2.20. The molecule has 4 rings (SSSR count). The second-order valence-electron chi connectivity index (χ2n) is 9.80. The zero-order valence-corrected chi connectivity index (χ0v) is 26.4. The lowest BCUT2D eigenvalue weighted by molar-refractivity contribution is 0.111. The van der Waals surface area contributed by atoms with E-state index in [0.717, 1.165) is 40.5 Å². The van der Waals surface area contributed by atoms with Crippen molar-refractivity contribution in [1.29, 1.82) is 5.26 Å². The van der Waals surface area contributed by atoms with E-state index in [1.165, 1.54) is 44.2 Å². The predicted octanol–water partition coefficient (Wildman–Crippen LogP) is 8.53. The maximum Gasteiger partial charge on any atom is 0.185 e. The molecule has 41 heavy (non-hydrogen) atoms. The Morgan fingerprint density at radius 1 is 1.00 bits per heavy atom. The Morgan fingerprint density at radius 2 is 1.71 bits per heavy atom. The highest BCUT2D eigenvalue weighted by atomic mass is 19.1. The van der Waals surface area contributed by atoms with Crippen LogP contribution in [0.1, 0.15) is 110 Å². The van der Waals surface area contributed by atoms with Gasteiger partial charge < -0.3 is 4.57 Å². The van der Waals surface area contributed by atoms with Crippen LogP contribution in [0.3, 0.4) is 0 Å². The first-order valence-electron chi connectivity index (χ1n) is 15.3. The lowest BCUT2D eigenvalue weighted by Crippen LogP contribution is -2.21. The van der Waals surface area contributed by atoms with Gasteiger partial charge in [0, 0.05) is 17.7 Å². The number of aldehydes is 1. The molecule has 0 fully saturated rings. The molecule has 1 aromatic heterocycles. The van der Waals surface area contributed by atoms with Gasteiger partial charge in [-0.05, 0) is 41.8 Å². The van der Waals surface area contributed by atoms with Crippen LogP contribution in [0.5, 0.6) is 0 Å². The topological polar surface area (TPSA) is 71.0 Å². The number of halogens is 1. The summed E-state index contributed by atoms with van der Waals surface area (Å²) >= 11 is 0. The van der Waals surface area contributed by atoms with Gasteiger partial charge in [0.1, 0.15) is 11.9 Å². The van der Waals surface area contributed by atoms with Crippen molar-refractivity contribution in [3.63, 3.8) is 0 Å². The van der Waals surface area contributed by atoms with Gasteiger partial charge in [-0.1, -0.05) is 106 Å². The van der Waals surface area contributed by atoms with Crippen LogP contribution < -0.4 is 10.6 Å². The van der Waals surface area contributed by atoms with E-state index >= 15 is 0 Å². The number of imidazole rings is 1. The van der Waals surface area contributed by atoms with Gasteiger partial charge >= 0.3 is 0 Å². The highest BCUT2D eigenvalue weighted by molar-refractivity contribution is 5.84. The zero-order chi connectivity index (χ0) is 30.8. The van der Waals surface area contributed by atoms with Crippen molar-refractivity contribution >= 4 is 12.4 Å². The molecule has 5 nitrogen and oxygen atoms in total. The molecule has 0 N–H and O–H groups in total. The minimum Gasteiger partial charge on any atom is -0.321 e. The SMILES string of the molecule is CC.CC.CCCCCCC(C)C.CCCn1c(C=O)nc(-c2ccc(C#N)c(F)c2)c1-c1ccc2c(c1)=CCN=2. The third kappa shape index (κ3) is 10.1. The van der Waals surface area contributed by atoms with Crippen LogP contribution in [-0.4, -0.2) is 22.4 Å². The van der Waals surface area contributed by atoms with Gasteiger partial charge in [0.2, 0.25) is 0 Å². The predicted molar refractivity (Wildman–Crippen MR) is 170 cm³/mol. The summed E-state index contributed by atoms with van der Waals surface area (Å²) in [5.41, 5.74) is 2.67. The number of unbranched alkanes of at least 4 members (excludes halogenated alkanes) is 3. The second kappa shape index (κ2) is 19.5. The largest absolute Gasteiger partial charge is 0.321 e. The summed E-state index contributed by atoms with van der Waals surface area (Å²) in [5, 5.41) is 11.0. The van der Waals surface area contributed by atoms with Gasteiger partial charge in [-0.15, -0.1) is 0 Å². The first kappa shape index (κ1) is 35.4. The summed E-state index contributed by atoms with van der Waals surface area (Å²) < 4.78 is 16.1. The van der Waals surface area contributed by atoms with Crippen molar-refractivity contribution in [2.24, 2.45) is 10.9 Å². The van der Waals surface area contributed by atoms with Crippen LogP contribution in [0, 0.1) is 23.1 Å². The summed E-state index contributed by atoms with van der Waals surface area (Å²) in [7, 11) is 0. The van der Waals surface area contributed by atoms with E-state index in [1.54, 1.807) is 6.07 Å². The maximum atomic E-state index is 14.2. The standard InChI is InChI=1S/C22H17FN4O.C9H20.2C2H6/c1-2-9-27-20(13-28)26-21(15-3-4-17(12-24)18(23)11-15)22(27)16-5-6-19-14(10-16)7-8-25-19;1-4-5-6-7-8-9(2)3;2*1-2/h3-7,10-11,13H,2,8-9H2,1H3;9H,4-8H2,1-3H3;2*1-2H3. The molecule has 0 bridgehead atoms. The summed E-state index contributed by atoms with van der Waals surface area (Å²) in [6.45, 7) is 18.1. The summed E-state index contributed by atoms with van der Waals surface area (Å²) in [6, 6.07) is 12.1. The third-order valence-corrected chi connectivity index (χ3v) is 6.42. The van der Waals surface area contributed by atoms with E-state index < -0.39 is 5.82 Å². The molecule has 222 valence electrons. The van der Waals surface area contributed by atoms with E-state index in [-0.39, 0.29) is 5.56 Å². The first-order chi connectivity index (χ1) is 19.9. The van der Waals surface area contributed by atoms with Crippen LogP contribution in [0.2, 0.25) is 0 Å². The van der Waals surface area contributed by atoms with E-state index in [1.807, 2.05) is 69.5 Å². The number of hydrogen-bond acceptors (Lipinski definition) is 4. The van der Waals surface area contributed by atoms with Crippen molar-refractivity contribution in [2.45, 2.75) is 100 Å². The van der Waals surface area contributed by atoms with Gasteiger partial charge in [-0.3, -0.25) is 9.79 Å². The Labute approximate surface area is 246 Å². The molecular weight excluding hydrogens is 511 g/mol. The molecule has 0 radical (unpaired) electrons. The van der Waals surface area contributed by atoms with E-state index in [0.29, 0.717) is 30.2 Å². The number of nitrogens with zero attached hydrogens (tertiary/aromatic N) is 4. The monoisotopic (exact) mass is 560 g/mol. The van der Waals surface area contributed by atoms with Crippen LogP contribution >= 0.6 is 0 Å². The van der Waals surface area contributed by atoms with Crippen molar-refractivity contribution in [1.82, 2.24) is 9.55 Å². The summed E-state index contributed by atoms with van der Waals surface area (Å²) in [5.74, 6) is 0.595. The number of carbonyl (C=O) groups is 1. The van der Waals surface area contributed by atoms with Gasteiger partial charge in [0.15, 0.2) is 12.1 Å². The van der Waals surface area contributed by atoms with Crippen LogP contribution in [0.25, 0.3) is 28.6 Å². The Hall–Kier alpha value is -3.59. The van der Waals surface area contributed by atoms with Crippen molar-refractivity contribution in [3.05, 3.63) is 64.2 Å². The highest BCUT2D eigenvalue weighted by Crippen LogP contribution is 2.33. The molecule has 2 heterocycles. The number of hydrogen-bond donors (Lipinski definition) is 0. The Kier molecular flexibility index (Phi) is 16.8. The van der Waals surface area contributed by atoms with Crippen molar-refractivity contribution in [2.75, 3.05) is 6.54 Å². The fourth-order valence-electron chi connectivity index (χ4n) is 4.49. The Bertz CT molecular complexity index is 1380. The van der Waals surface area contributed by atoms with Gasteiger partial charge in [-0.25, -0.2) is 9.37 Å². The van der Waals surface area contributed by atoms with E-state index in [9.17, 15) is 9.18 Å². The average Bonchev–Trinajstić information content (AvgIpc) is 3.62. The third-order valence-electron chi connectivity index (χ3n) is 6.42. The molecule has 0 atom stereocenters. The molecule has 6 heteroatoms. The smallest absolute Gasteiger partial charge is 0.185 e. The molecule has 0 unspecified atom stereocenters. The number of aromatic nitrogens is 2. The number of rotatable bonds is 10. The lowest BCUT2D eigenvalue weighted by Gasteiger charge is -2.11. The normalized spacial score (nSPS) is 10.9. The minimum atomic E-state index is -0.607. The average molecular weight is 561 g/mol. The van der Waals surface area contributed by atoms with Crippen molar-refractivity contribution in [3.8, 4) is 28.6 Å². The molecule has 0 spiro atoms. The molecule has 0 aliphatic carbocycles. The van der Waals surface area contributed by atoms with Crippen molar-refractivity contribution < 1.29 is 9.18 Å². The molecular formula is C35H49FN4O. The van der Waals surface area contributed by atoms with Gasteiger partial charge in [0.25, 0.3) is 0 Å². The fraction of sp³-hybridized carbons (Fsp3) is 0.486. The number of fused-ring (bicyclic) bond motifs is 1. The molecule has 0 amide bonds. The second-order valence-corrected chi connectivity index (χ2v) is 9.80. The van der Waals surface area contributed by atoms with Crippen LogP contribution in [0.15, 0.2) is 41.4 Å². The molecule has 1 aliphatic rings. The number of benzene rings is 2. The molecule has 0 saturated heterocycles. The van der Waals surface area contributed by atoms with Crippen LogP contribution in [0.4, 0.5) is 4.39 Å². The Balaban J connectivity index is 0.000000551. The lowest BCUT2D eigenvalue weighted by atomic mass is 10.0.